The number of hydrogen-bond acceptors (Lipinski definition) is 3. The highest BCUT2D eigenvalue weighted by atomic mass is 16.5. The molecule has 1 atom stereocenters. The summed E-state index contributed by atoms with van der Waals surface area (Å²) < 4.78 is 11.4. The number of rotatable bonds is 5. The minimum absolute atomic E-state index is 0.107. The summed E-state index contributed by atoms with van der Waals surface area (Å²) in [4.78, 5) is 11.5. The fourth-order valence-electron chi connectivity index (χ4n) is 2.26. The molecule has 1 aromatic carbocycles. The summed E-state index contributed by atoms with van der Waals surface area (Å²) in [5.41, 5.74) is 2.03. The van der Waals surface area contributed by atoms with Crippen LogP contribution < -0.4 is 14.8 Å². The lowest BCUT2D eigenvalue weighted by Crippen LogP contribution is -2.19. The topological polar surface area (TPSA) is 47.6 Å². The Kier molecular flexibility index (Phi) is 4.66. The molecule has 1 aromatic rings. The van der Waals surface area contributed by atoms with E-state index in [4.69, 9.17) is 9.47 Å². The predicted molar refractivity (Wildman–Crippen MR) is 79.1 cm³/mol. The number of ether oxygens (including phenoxy) is 2. The zero-order chi connectivity index (χ0) is 14.5. The van der Waals surface area contributed by atoms with Crippen molar-refractivity contribution in [1.29, 1.82) is 0 Å². The van der Waals surface area contributed by atoms with E-state index in [0.717, 1.165) is 29.0 Å². The lowest BCUT2D eigenvalue weighted by molar-refractivity contribution is -0.116. The lowest BCUT2D eigenvalue weighted by atomic mass is 10.1. The monoisotopic (exact) mass is 275 g/mol. The number of carbonyl (C=O) groups excluding carboxylic acids is 1. The minimum Gasteiger partial charge on any atom is -0.493 e. The number of likely N-dealkylation sites (N-methyl/N-ethyl adjacent to an activating group) is 1. The van der Waals surface area contributed by atoms with Gasteiger partial charge in [0.15, 0.2) is 0 Å². The summed E-state index contributed by atoms with van der Waals surface area (Å²) in [7, 11) is 0. The van der Waals surface area contributed by atoms with Crippen molar-refractivity contribution in [3.05, 3.63) is 29.3 Å². The van der Waals surface area contributed by atoms with Crippen LogP contribution in [0.5, 0.6) is 11.5 Å². The Morgan fingerprint density at radius 1 is 1.50 bits per heavy atom. The summed E-state index contributed by atoms with van der Waals surface area (Å²) >= 11 is 0. The standard InChI is InChI=1S/C16H21NO3/c1-4-17-16(18)7-6-12-9-15-13(8-11(3)20-15)10-14(12)19-5-2/h6-7,9-11H,4-5,8H2,1-3H3,(H,17,18). The first-order valence-electron chi connectivity index (χ1n) is 7.06. The first-order valence-corrected chi connectivity index (χ1v) is 7.06. The van der Waals surface area contributed by atoms with Crippen LogP contribution in [0.3, 0.4) is 0 Å². The van der Waals surface area contributed by atoms with Crippen LogP contribution in [0.1, 0.15) is 31.9 Å². The van der Waals surface area contributed by atoms with Gasteiger partial charge in [-0.2, -0.15) is 0 Å². The van der Waals surface area contributed by atoms with Gasteiger partial charge in [-0.15, -0.1) is 0 Å². The normalized spacial score (nSPS) is 16.9. The number of amides is 1. The molecule has 4 nitrogen and oxygen atoms in total. The molecule has 0 aromatic heterocycles. The van der Waals surface area contributed by atoms with Gasteiger partial charge in [0.1, 0.15) is 17.6 Å². The average Bonchev–Trinajstić information content (AvgIpc) is 2.76. The highest BCUT2D eigenvalue weighted by Gasteiger charge is 2.21. The van der Waals surface area contributed by atoms with Crippen molar-refractivity contribution in [2.45, 2.75) is 33.3 Å². The van der Waals surface area contributed by atoms with Crippen LogP contribution in [0, 0.1) is 0 Å². The smallest absolute Gasteiger partial charge is 0.243 e. The highest BCUT2D eigenvalue weighted by Crippen LogP contribution is 2.35. The quantitative estimate of drug-likeness (QED) is 0.840. The molecule has 0 radical (unpaired) electrons. The van der Waals surface area contributed by atoms with Crippen molar-refractivity contribution in [2.75, 3.05) is 13.2 Å². The van der Waals surface area contributed by atoms with Gasteiger partial charge in [-0.1, -0.05) is 0 Å². The van der Waals surface area contributed by atoms with Crippen LogP contribution in [0.2, 0.25) is 0 Å². The number of fused-ring (bicyclic) bond motifs is 1. The fourth-order valence-corrected chi connectivity index (χ4v) is 2.26. The molecule has 0 saturated carbocycles. The number of nitrogens with one attached hydrogen (secondary N) is 1. The van der Waals surface area contributed by atoms with E-state index in [9.17, 15) is 4.79 Å². The van der Waals surface area contributed by atoms with Crippen LogP contribution in [0.4, 0.5) is 0 Å². The van der Waals surface area contributed by atoms with Crippen LogP contribution in [0.15, 0.2) is 18.2 Å². The minimum atomic E-state index is -0.107. The van der Waals surface area contributed by atoms with E-state index in [0.29, 0.717) is 13.2 Å². The molecular weight excluding hydrogens is 254 g/mol. The second-order valence-electron chi connectivity index (χ2n) is 4.79. The highest BCUT2D eigenvalue weighted by molar-refractivity contribution is 5.92. The zero-order valence-corrected chi connectivity index (χ0v) is 12.2. The molecule has 0 bridgehead atoms. The van der Waals surface area contributed by atoms with E-state index < -0.39 is 0 Å². The first kappa shape index (κ1) is 14.4. The molecule has 0 aliphatic carbocycles. The van der Waals surface area contributed by atoms with Gasteiger partial charge in [-0.25, -0.2) is 0 Å². The van der Waals surface area contributed by atoms with E-state index in [1.807, 2.05) is 32.9 Å². The molecule has 2 rings (SSSR count). The molecule has 1 heterocycles. The van der Waals surface area contributed by atoms with Crippen LogP contribution in [-0.2, 0) is 11.2 Å². The Labute approximate surface area is 119 Å². The van der Waals surface area contributed by atoms with Crippen molar-refractivity contribution in [3.63, 3.8) is 0 Å². The molecule has 1 amide bonds. The second-order valence-corrected chi connectivity index (χ2v) is 4.79. The van der Waals surface area contributed by atoms with Gasteiger partial charge >= 0.3 is 0 Å². The summed E-state index contributed by atoms with van der Waals surface area (Å²) in [6.45, 7) is 7.10. The molecule has 1 unspecified atom stereocenters. The van der Waals surface area contributed by atoms with E-state index in [1.165, 1.54) is 6.08 Å². The van der Waals surface area contributed by atoms with Gasteiger partial charge in [0.2, 0.25) is 5.91 Å². The molecule has 1 aliphatic rings. The summed E-state index contributed by atoms with van der Waals surface area (Å²) in [5, 5.41) is 2.73. The lowest BCUT2D eigenvalue weighted by Gasteiger charge is -2.10. The van der Waals surface area contributed by atoms with Crippen LogP contribution >= 0.6 is 0 Å². The largest absolute Gasteiger partial charge is 0.493 e. The van der Waals surface area contributed by atoms with Gasteiger partial charge in [-0.05, 0) is 39.0 Å². The van der Waals surface area contributed by atoms with Gasteiger partial charge in [0.05, 0.1) is 6.61 Å². The molecule has 108 valence electrons. The predicted octanol–water partition coefficient (Wildman–Crippen LogP) is 2.56. The molecule has 1 aliphatic heterocycles. The van der Waals surface area contributed by atoms with Crippen molar-refractivity contribution in [3.8, 4) is 11.5 Å². The number of benzene rings is 1. The third-order valence-electron chi connectivity index (χ3n) is 3.09. The third kappa shape index (κ3) is 3.32. The average molecular weight is 275 g/mol. The molecule has 20 heavy (non-hydrogen) atoms. The van der Waals surface area contributed by atoms with Crippen LogP contribution in [0.25, 0.3) is 6.08 Å². The Morgan fingerprint density at radius 3 is 3.00 bits per heavy atom. The Bertz CT molecular complexity index is 523. The summed E-state index contributed by atoms with van der Waals surface area (Å²) in [6, 6.07) is 3.96. The molecule has 0 fully saturated rings. The van der Waals surface area contributed by atoms with Gasteiger partial charge in [0, 0.05) is 30.2 Å². The van der Waals surface area contributed by atoms with Crippen molar-refractivity contribution < 1.29 is 14.3 Å². The summed E-state index contributed by atoms with van der Waals surface area (Å²) in [5.74, 6) is 1.57. The first-order chi connectivity index (χ1) is 9.63. The van der Waals surface area contributed by atoms with E-state index in [1.54, 1.807) is 6.08 Å². The Balaban J connectivity index is 2.26. The molecule has 0 spiro atoms. The van der Waals surface area contributed by atoms with Crippen molar-refractivity contribution in [2.24, 2.45) is 0 Å². The molecule has 4 heteroatoms. The number of carbonyl (C=O) groups is 1. The number of hydrogen-bond donors (Lipinski definition) is 1. The maximum absolute atomic E-state index is 11.5. The maximum atomic E-state index is 11.5. The van der Waals surface area contributed by atoms with E-state index in [2.05, 4.69) is 5.32 Å². The molecule has 0 saturated heterocycles. The Hall–Kier alpha value is -1.97. The maximum Gasteiger partial charge on any atom is 0.243 e. The van der Waals surface area contributed by atoms with Gasteiger partial charge < -0.3 is 14.8 Å². The summed E-state index contributed by atoms with van der Waals surface area (Å²) in [6.07, 6.45) is 4.38. The van der Waals surface area contributed by atoms with E-state index in [-0.39, 0.29) is 12.0 Å². The van der Waals surface area contributed by atoms with Gasteiger partial charge in [-0.3, -0.25) is 4.79 Å². The third-order valence-corrected chi connectivity index (χ3v) is 3.09. The van der Waals surface area contributed by atoms with E-state index >= 15 is 0 Å². The second kappa shape index (κ2) is 6.46. The molecular formula is C16H21NO3. The zero-order valence-electron chi connectivity index (χ0n) is 12.2. The SMILES string of the molecule is CCNC(=O)C=Cc1cc2c(cc1OCC)CC(C)O2. The van der Waals surface area contributed by atoms with Crippen LogP contribution in [-0.4, -0.2) is 25.2 Å². The van der Waals surface area contributed by atoms with Gasteiger partial charge in [0.25, 0.3) is 0 Å². The Morgan fingerprint density at radius 2 is 2.30 bits per heavy atom. The fraction of sp³-hybridized carbons (Fsp3) is 0.438. The molecule has 1 N–H and O–H groups in total. The van der Waals surface area contributed by atoms with Crippen molar-refractivity contribution in [1.82, 2.24) is 5.32 Å². The van der Waals surface area contributed by atoms with Crippen molar-refractivity contribution >= 4 is 12.0 Å².